The third-order valence-corrected chi connectivity index (χ3v) is 2.60. The van der Waals surface area contributed by atoms with Crippen molar-refractivity contribution in [3.63, 3.8) is 0 Å². The number of ketones is 1. The SMILES string of the molecule is CC(=O)CC(=O)Nc1ccc(N=Nc2ccccc2)cc1. The lowest BCUT2D eigenvalue weighted by Gasteiger charge is -2.03. The summed E-state index contributed by atoms with van der Waals surface area (Å²) in [5, 5.41) is 10.8. The molecular weight excluding hydrogens is 266 g/mol. The monoisotopic (exact) mass is 281 g/mol. The Morgan fingerprint density at radius 1 is 0.905 bits per heavy atom. The molecule has 1 amide bonds. The van der Waals surface area contributed by atoms with Crippen molar-refractivity contribution in [3.8, 4) is 0 Å². The number of nitrogens with zero attached hydrogens (tertiary/aromatic N) is 2. The molecule has 0 aliphatic heterocycles. The van der Waals surface area contributed by atoms with Crippen LogP contribution in [0.15, 0.2) is 64.8 Å². The second-order valence-electron chi connectivity index (χ2n) is 4.51. The molecule has 0 unspecified atom stereocenters. The zero-order valence-electron chi connectivity index (χ0n) is 11.6. The Morgan fingerprint density at radius 2 is 1.48 bits per heavy atom. The van der Waals surface area contributed by atoms with Crippen LogP contribution in [-0.2, 0) is 9.59 Å². The normalized spacial score (nSPS) is 10.5. The van der Waals surface area contributed by atoms with Gasteiger partial charge in [0.1, 0.15) is 5.78 Å². The van der Waals surface area contributed by atoms with Gasteiger partial charge in [0.2, 0.25) is 5.91 Å². The van der Waals surface area contributed by atoms with E-state index in [1.54, 1.807) is 24.3 Å². The molecule has 0 saturated carbocycles. The molecular formula is C16H15N3O2. The molecule has 106 valence electrons. The highest BCUT2D eigenvalue weighted by molar-refractivity contribution is 6.03. The first-order chi connectivity index (χ1) is 10.1. The fourth-order valence-electron chi connectivity index (χ4n) is 1.65. The summed E-state index contributed by atoms with van der Waals surface area (Å²) < 4.78 is 0. The van der Waals surface area contributed by atoms with Gasteiger partial charge < -0.3 is 5.32 Å². The number of azo groups is 1. The van der Waals surface area contributed by atoms with Crippen LogP contribution in [0.1, 0.15) is 13.3 Å². The van der Waals surface area contributed by atoms with E-state index in [-0.39, 0.29) is 18.1 Å². The molecule has 0 radical (unpaired) electrons. The standard InChI is InChI=1S/C16H15N3O2/c1-12(20)11-16(21)17-13-7-9-15(10-8-13)19-18-14-5-3-2-4-6-14/h2-10H,11H2,1H3,(H,17,21). The van der Waals surface area contributed by atoms with Gasteiger partial charge in [0.25, 0.3) is 0 Å². The molecule has 0 atom stereocenters. The van der Waals surface area contributed by atoms with Crippen LogP contribution in [0.2, 0.25) is 0 Å². The van der Waals surface area contributed by atoms with Crippen LogP contribution in [0.25, 0.3) is 0 Å². The van der Waals surface area contributed by atoms with E-state index in [0.29, 0.717) is 11.4 Å². The smallest absolute Gasteiger partial charge is 0.231 e. The third kappa shape index (κ3) is 4.99. The molecule has 0 fully saturated rings. The summed E-state index contributed by atoms with van der Waals surface area (Å²) >= 11 is 0. The van der Waals surface area contributed by atoms with Crippen LogP contribution >= 0.6 is 0 Å². The first kappa shape index (κ1) is 14.6. The van der Waals surface area contributed by atoms with Gasteiger partial charge >= 0.3 is 0 Å². The first-order valence-electron chi connectivity index (χ1n) is 6.49. The number of carbonyl (C=O) groups is 2. The van der Waals surface area contributed by atoms with Crippen molar-refractivity contribution >= 4 is 28.8 Å². The van der Waals surface area contributed by atoms with Gasteiger partial charge in [-0.15, -0.1) is 0 Å². The Bertz CT molecular complexity index is 649. The molecule has 1 N–H and O–H groups in total. The molecule has 5 nitrogen and oxygen atoms in total. The molecule has 0 aliphatic rings. The van der Waals surface area contributed by atoms with Gasteiger partial charge in [0.15, 0.2) is 0 Å². The predicted octanol–water partition coefficient (Wildman–Crippen LogP) is 4.02. The largest absolute Gasteiger partial charge is 0.326 e. The van der Waals surface area contributed by atoms with Crippen molar-refractivity contribution in [2.45, 2.75) is 13.3 Å². The van der Waals surface area contributed by atoms with E-state index in [0.717, 1.165) is 5.69 Å². The second kappa shape index (κ2) is 7.09. The fourth-order valence-corrected chi connectivity index (χ4v) is 1.65. The summed E-state index contributed by atoms with van der Waals surface area (Å²) in [6.45, 7) is 1.38. The molecule has 5 heteroatoms. The van der Waals surface area contributed by atoms with Crippen LogP contribution in [0, 0.1) is 0 Å². The average Bonchev–Trinajstić information content (AvgIpc) is 2.47. The fraction of sp³-hybridized carbons (Fsp3) is 0.125. The zero-order valence-corrected chi connectivity index (χ0v) is 11.6. The summed E-state index contributed by atoms with van der Waals surface area (Å²) in [7, 11) is 0. The van der Waals surface area contributed by atoms with E-state index in [2.05, 4.69) is 15.5 Å². The minimum absolute atomic E-state index is 0.116. The highest BCUT2D eigenvalue weighted by atomic mass is 16.2. The van der Waals surface area contributed by atoms with Crippen LogP contribution in [0.5, 0.6) is 0 Å². The molecule has 21 heavy (non-hydrogen) atoms. The number of nitrogens with one attached hydrogen (secondary N) is 1. The highest BCUT2D eigenvalue weighted by Crippen LogP contribution is 2.20. The maximum atomic E-state index is 11.4. The van der Waals surface area contributed by atoms with Gasteiger partial charge in [0, 0.05) is 5.69 Å². The Balaban J connectivity index is 1.97. The van der Waals surface area contributed by atoms with Gasteiger partial charge in [-0.1, -0.05) is 18.2 Å². The zero-order chi connectivity index (χ0) is 15.1. The topological polar surface area (TPSA) is 70.9 Å². The van der Waals surface area contributed by atoms with Crippen LogP contribution in [0.3, 0.4) is 0 Å². The number of anilines is 1. The van der Waals surface area contributed by atoms with E-state index < -0.39 is 0 Å². The van der Waals surface area contributed by atoms with Crippen LogP contribution in [-0.4, -0.2) is 11.7 Å². The van der Waals surface area contributed by atoms with E-state index in [1.807, 2.05) is 30.3 Å². The molecule has 0 spiro atoms. The lowest BCUT2D eigenvalue weighted by atomic mass is 10.2. The van der Waals surface area contributed by atoms with Crippen molar-refractivity contribution in [2.24, 2.45) is 10.2 Å². The molecule has 0 aliphatic carbocycles. The van der Waals surface area contributed by atoms with Crippen molar-refractivity contribution in [2.75, 3.05) is 5.32 Å². The first-order valence-corrected chi connectivity index (χ1v) is 6.49. The Hall–Kier alpha value is -2.82. The number of carbonyl (C=O) groups excluding carboxylic acids is 2. The summed E-state index contributed by atoms with van der Waals surface area (Å²) in [5.74, 6) is -0.484. The Kier molecular flexibility index (Phi) is 4.93. The number of hydrogen-bond donors (Lipinski definition) is 1. The minimum Gasteiger partial charge on any atom is -0.326 e. The quantitative estimate of drug-likeness (QED) is 0.664. The van der Waals surface area contributed by atoms with E-state index in [1.165, 1.54) is 6.92 Å². The third-order valence-electron chi connectivity index (χ3n) is 2.60. The lowest BCUT2D eigenvalue weighted by molar-refractivity contribution is -0.124. The van der Waals surface area contributed by atoms with Crippen LogP contribution < -0.4 is 5.32 Å². The number of hydrogen-bond acceptors (Lipinski definition) is 4. The summed E-state index contributed by atoms with van der Waals surface area (Å²) in [4.78, 5) is 22.3. The number of Topliss-reactive ketones (excluding diaryl/α,β-unsaturated/α-hetero) is 1. The van der Waals surface area contributed by atoms with Gasteiger partial charge in [0.05, 0.1) is 17.8 Å². The number of benzene rings is 2. The summed E-state index contributed by atoms with van der Waals surface area (Å²) in [5.41, 5.74) is 2.08. The van der Waals surface area contributed by atoms with Gasteiger partial charge in [-0.25, -0.2) is 0 Å². The van der Waals surface area contributed by atoms with Crippen molar-refractivity contribution in [3.05, 3.63) is 54.6 Å². The van der Waals surface area contributed by atoms with Crippen molar-refractivity contribution < 1.29 is 9.59 Å². The molecule has 2 aromatic carbocycles. The van der Waals surface area contributed by atoms with E-state index >= 15 is 0 Å². The maximum absolute atomic E-state index is 11.4. The predicted molar refractivity (Wildman–Crippen MR) is 81.0 cm³/mol. The maximum Gasteiger partial charge on any atom is 0.231 e. The Labute approximate surface area is 122 Å². The van der Waals surface area contributed by atoms with Gasteiger partial charge in [-0.05, 0) is 43.3 Å². The molecule has 0 bridgehead atoms. The average molecular weight is 281 g/mol. The molecule has 0 heterocycles. The number of amides is 1. The van der Waals surface area contributed by atoms with Crippen molar-refractivity contribution in [1.29, 1.82) is 0 Å². The van der Waals surface area contributed by atoms with Gasteiger partial charge in [-0.3, -0.25) is 9.59 Å². The molecule has 0 saturated heterocycles. The molecule has 0 aromatic heterocycles. The van der Waals surface area contributed by atoms with E-state index in [4.69, 9.17) is 0 Å². The summed E-state index contributed by atoms with van der Waals surface area (Å²) in [6, 6.07) is 16.3. The van der Waals surface area contributed by atoms with Gasteiger partial charge in [-0.2, -0.15) is 10.2 Å². The highest BCUT2D eigenvalue weighted by Gasteiger charge is 2.05. The van der Waals surface area contributed by atoms with Crippen LogP contribution in [0.4, 0.5) is 17.1 Å². The van der Waals surface area contributed by atoms with Crippen molar-refractivity contribution in [1.82, 2.24) is 0 Å². The lowest BCUT2D eigenvalue weighted by Crippen LogP contribution is -2.14. The molecule has 2 aromatic rings. The molecule has 2 rings (SSSR count). The summed E-state index contributed by atoms with van der Waals surface area (Å²) in [6.07, 6.45) is -0.116. The minimum atomic E-state index is -0.318. The Morgan fingerprint density at radius 3 is 2.05 bits per heavy atom. The van der Waals surface area contributed by atoms with E-state index in [9.17, 15) is 9.59 Å². The second-order valence-corrected chi connectivity index (χ2v) is 4.51. The number of rotatable bonds is 5.